The molecule has 3 nitrogen and oxygen atoms in total. The van der Waals surface area contributed by atoms with Gasteiger partial charge in [0.05, 0.1) is 0 Å². The zero-order valence-electron chi connectivity index (χ0n) is 12.0. The normalized spacial score (nSPS) is 18.7. The van der Waals surface area contributed by atoms with Gasteiger partial charge in [0.1, 0.15) is 0 Å². The van der Waals surface area contributed by atoms with Gasteiger partial charge in [-0.1, -0.05) is 13.3 Å². The van der Waals surface area contributed by atoms with Crippen LogP contribution in [-0.4, -0.2) is 56.6 Å². The van der Waals surface area contributed by atoms with Gasteiger partial charge in [0.2, 0.25) is 0 Å². The average molecular weight is 241 g/mol. The molecule has 0 atom stereocenters. The number of nitrogens with two attached hydrogens (primary N) is 1. The van der Waals surface area contributed by atoms with Crippen LogP contribution in [0.1, 0.15) is 39.0 Å². The lowest BCUT2D eigenvalue weighted by Crippen LogP contribution is -2.42. The van der Waals surface area contributed by atoms with Gasteiger partial charge in [0, 0.05) is 13.1 Å². The first-order valence-electron chi connectivity index (χ1n) is 7.19. The van der Waals surface area contributed by atoms with Crippen molar-refractivity contribution in [2.24, 2.45) is 11.1 Å². The van der Waals surface area contributed by atoms with Crippen LogP contribution in [-0.2, 0) is 0 Å². The second-order valence-electron chi connectivity index (χ2n) is 5.95. The van der Waals surface area contributed by atoms with E-state index in [1.807, 2.05) is 0 Å². The topological polar surface area (TPSA) is 32.5 Å². The fourth-order valence-electron chi connectivity index (χ4n) is 2.62. The van der Waals surface area contributed by atoms with Gasteiger partial charge in [0.25, 0.3) is 0 Å². The van der Waals surface area contributed by atoms with Gasteiger partial charge in [-0.25, -0.2) is 0 Å². The summed E-state index contributed by atoms with van der Waals surface area (Å²) in [5.74, 6) is 0. The van der Waals surface area contributed by atoms with Crippen LogP contribution < -0.4 is 5.73 Å². The standard InChI is InChI=1S/C14H31N3/c1-4-9-17(12-11-16(2)3)10-8-14(13-15)6-5-7-14/h4-13,15H2,1-3H3. The van der Waals surface area contributed by atoms with Crippen molar-refractivity contribution in [1.29, 1.82) is 0 Å². The molecule has 17 heavy (non-hydrogen) atoms. The lowest BCUT2D eigenvalue weighted by atomic mass is 9.66. The quantitative estimate of drug-likeness (QED) is 0.668. The molecule has 1 aliphatic rings. The van der Waals surface area contributed by atoms with E-state index < -0.39 is 0 Å². The van der Waals surface area contributed by atoms with E-state index in [0.717, 1.165) is 13.1 Å². The van der Waals surface area contributed by atoms with Crippen molar-refractivity contribution in [1.82, 2.24) is 9.80 Å². The molecule has 0 amide bonds. The Kier molecular flexibility index (Phi) is 6.45. The fraction of sp³-hybridized carbons (Fsp3) is 1.00. The summed E-state index contributed by atoms with van der Waals surface area (Å²) in [4.78, 5) is 4.88. The van der Waals surface area contributed by atoms with Crippen LogP contribution in [0.4, 0.5) is 0 Å². The molecule has 0 unspecified atom stereocenters. The van der Waals surface area contributed by atoms with Crippen LogP contribution in [0.3, 0.4) is 0 Å². The first-order valence-corrected chi connectivity index (χ1v) is 7.19. The molecular weight excluding hydrogens is 210 g/mol. The molecule has 1 saturated carbocycles. The maximum atomic E-state index is 5.92. The maximum Gasteiger partial charge on any atom is 0.0109 e. The zero-order chi connectivity index (χ0) is 12.7. The highest BCUT2D eigenvalue weighted by molar-refractivity contribution is 4.89. The maximum absolute atomic E-state index is 5.92. The monoisotopic (exact) mass is 241 g/mol. The number of likely N-dealkylation sites (N-methyl/N-ethyl adjacent to an activating group) is 1. The second-order valence-corrected chi connectivity index (χ2v) is 5.95. The summed E-state index contributed by atoms with van der Waals surface area (Å²) in [6.07, 6.45) is 6.66. The molecule has 1 rings (SSSR count). The Morgan fingerprint density at radius 3 is 2.18 bits per heavy atom. The molecule has 102 valence electrons. The summed E-state index contributed by atoms with van der Waals surface area (Å²) >= 11 is 0. The number of hydrogen-bond acceptors (Lipinski definition) is 3. The highest BCUT2D eigenvalue weighted by Gasteiger charge is 2.35. The zero-order valence-corrected chi connectivity index (χ0v) is 12.0. The van der Waals surface area contributed by atoms with Crippen molar-refractivity contribution in [3.05, 3.63) is 0 Å². The van der Waals surface area contributed by atoms with Gasteiger partial charge in [0.15, 0.2) is 0 Å². The summed E-state index contributed by atoms with van der Waals surface area (Å²) in [6, 6.07) is 0. The molecule has 3 heteroatoms. The molecule has 0 aliphatic heterocycles. The number of hydrogen-bond donors (Lipinski definition) is 1. The fourth-order valence-corrected chi connectivity index (χ4v) is 2.62. The predicted octanol–water partition coefficient (Wildman–Crippen LogP) is 1.78. The molecule has 0 saturated heterocycles. The van der Waals surface area contributed by atoms with Crippen LogP contribution >= 0.6 is 0 Å². The molecule has 0 bridgehead atoms. The molecule has 1 fully saturated rings. The van der Waals surface area contributed by atoms with E-state index in [9.17, 15) is 0 Å². The largest absolute Gasteiger partial charge is 0.330 e. The molecule has 2 N–H and O–H groups in total. The summed E-state index contributed by atoms with van der Waals surface area (Å²) < 4.78 is 0. The summed E-state index contributed by atoms with van der Waals surface area (Å²) in [6.45, 7) is 7.98. The summed E-state index contributed by atoms with van der Waals surface area (Å²) in [7, 11) is 4.30. The van der Waals surface area contributed by atoms with E-state index in [4.69, 9.17) is 5.73 Å². The van der Waals surface area contributed by atoms with Crippen LogP contribution in [0, 0.1) is 5.41 Å². The molecule has 0 radical (unpaired) electrons. The molecule has 1 aliphatic carbocycles. The second kappa shape index (κ2) is 7.34. The minimum atomic E-state index is 0.504. The first-order chi connectivity index (χ1) is 8.12. The Morgan fingerprint density at radius 1 is 1.06 bits per heavy atom. The number of rotatable bonds is 9. The first kappa shape index (κ1) is 14.9. The van der Waals surface area contributed by atoms with Gasteiger partial charge in [-0.3, -0.25) is 0 Å². The molecule has 0 aromatic rings. The Balaban J connectivity index is 2.27. The summed E-state index contributed by atoms with van der Waals surface area (Å²) in [5, 5.41) is 0. The van der Waals surface area contributed by atoms with Gasteiger partial charge in [-0.15, -0.1) is 0 Å². The van der Waals surface area contributed by atoms with Crippen molar-refractivity contribution in [2.75, 3.05) is 46.8 Å². The van der Waals surface area contributed by atoms with E-state index in [-0.39, 0.29) is 0 Å². The van der Waals surface area contributed by atoms with Gasteiger partial charge in [-0.2, -0.15) is 0 Å². The molecule has 0 aromatic heterocycles. The lowest BCUT2D eigenvalue weighted by Gasteiger charge is -2.42. The van der Waals surface area contributed by atoms with Crippen molar-refractivity contribution >= 4 is 0 Å². The van der Waals surface area contributed by atoms with Gasteiger partial charge in [-0.05, 0) is 64.8 Å². The lowest BCUT2D eigenvalue weighted by molar-refractivity contribution is 0.103. The van der Waals surface area contributed by atoms with Crippen molar-refractivity contribution < 1.29 is 0 Å². The minimum absolute atomic E-state index is 0.504. The Hall–Kier alpha value is -0.120. The van der Waals surface area contributed by atoms with E-state index in [0.29, 0.717) is 5.41 Å². The number of nitrogens with zero attached hydrogens (tertiary/aromatic N) is 2. The van der Waals surface area contributed by atoms with Crippen LogP contribution in [0.15, 0.2) is 0 Å². The predicted molar refractivity (Wildman–Crippen MR) is 75.2 cm³/mol. The van der Waals surface area contributed by atoms with Crippen molar-refractivity contribution in [2.45, 2.75) is 39.0 Å². The van der Waals surface area contributed by atoms with E-state index >= 15 is 0 Å². The Labute approximate surface area is 107 Å². The van der Waals surface area contributed by atoms with Crippen LogP contribution in [0.2, 0.25) is 0 Å². The Bertz CT molecular complexity index is 194. The third-order valence-corrected chi connectivity index (χ3v) is 4.21. The van der Waals surface area contributed by atoms with E-state index in [2.05, 4.69) is 30.8 Å². The van der Waals surface area contributed by atoms with Crippen molar-refractivity contribution in [3.8, 4) is 0 Å². The highest BCUT2D eigenvalue weighted by Crippen LogP contribution is 2.42. The van der Waals surface area contributed by atoms with Gasteiger partial charge >= 0.3 is 0 Å². The molecule has 0 heterocycles. The van der Waals surface area contributed by atoms with Crippen molar-refractivity contribution in [3.63, 3.8) is 0 Å². The summed E-state index contributed by atoms with van der Waals surface area (Å²) in [5.41, 5.74) is 6.43. The molecular formula is C14H31N3. The smallest absolute Gasteiger partial charge is 0.0109 e. The molecule has 0 aromatic carbocycles. The average Bonchev–Trinajstić information content (AvgIpc) is 2.24. The van der Waals surface area contributed by atoms with Crippen LogP contribution in [0.5, 0.6) is 0 Å². The minimum Gasteiger partial charge on any atom is -0.330 e. The van der Waals surface area contributed by atoms with E-state index in [1.165, 1.54) is 51.7 Å². The molecule has 0 spiro atoms. The third kappa shape index (κ3) is 4.94. The SMILES string of the molecule is CCCN(CCN(C)C)CCC1(CN)CCC1. The van der Waals surface area contributed by atoms with E-state index in [1.54, 1.807) is 0 Å². The van der Waals surface area contributed by atoms with Gasteiger partial charge < -0.3 is 15.5 Å². The van der Waals surface area contributed by atoms with Crippen LogP contribution in [0.25, 0.3) is 0 Å². The highest BCUT2D eigenvalue weighted by atomic mass is 15.2. The third-order valence-electron chi connectivity index (χ3n) is 4.21. The Morgan fingerprint density at radius 2 is 1.76 bits per heavy atom.